The molecule has 1 rings (SSSR count). The number of carbonyl (C=O) groups is 1. The number of para-hydroxylation sites is 1. The Balaban J connectivity index is 0.00000121. The number of rotatable bonds is 2. The molecule has 1 aromatic carbocycles. The first-order valence-corrected chi connectivity index (χ1v) is 3.26. The fourth-order valence-corrected chi connectivity index (χ4v) is 0.888. The van der Waals surface area contributed by atoms with Crippen LogP contribution in [0.1, 0.15) is 10.4 Å². The van der Waals surface area contributed by atoms with Gasteiger partial charge in [-0.15, -0.1) is 0 Å². The number of carboxylic acids is 1. The second-order valence-electron chi connectivity index (χ2n) is 2.10. The first kappa shape index (κ1) is 11.7. The molecule has 62 valence electrons. The van der Waals surface area contributed by atoms with Gasteiger partial charge in [-0.05, 0) is 12.1 Å². The molecule has 0 aromatic heterocycles. The zero-order chi connectivity index (χ0) is 8.27. The van der Waals surface area contributed by atoms with Crippen LogP contribution in [0.15, 0.2) is 24.3 Å². The fraction of sp³-hybridized carbons (Fsp3) is 0.125. The van der Waals surface area contributed by atoms with Crippen LogP contribution in [0.25, 0.3) is 0 Å². The summed E-state index contributed by atoms with van der Waals surface area (Å²) in [5, 5.41) is 11.5. The Kier molecular flexibility index (Phi) is 5.29. The number of nitrogens with one attached hydrogen (secondary N) is 1. The summed E-state index contributed by atoms with van der Waals surface area (Å²) in [5.41, 5.74) is 0.940. The van der Waals surface area contributed by atoms with E-state index >= 15 is 0 Å². The minimum absolute atomic E-state index is 0. The monoisotopic (exact) mass is 193 g/mol. The Bertz CT molecular complexity index is 276. The summed E-state index contributed by atoms with van der Waals surface area (Å²) in [7, 11) is 1.70. The Hall–Kier alpha value is -0.250. The Labute approximate surface area is 101 Å². The van der Waals surface area contributed by atoms with Gasteiger partial charge in [0.25, 0.3) is 0 Å². The molecule has 2 N–H and O–H groups in total. The van der Waals surface area contributed by atoms with Gasteiger partial charge in [-0.1, -0.05) is 12.1 Å². The van der Waals surface area contributed by atoms with E-state index in [-0.39, 0.29) is 37.7 Å². The molecule has 0 bridgehead atoms. The zero-order valence-corrected chi connectivity index (χ0v) is 6.16. The summed E-state index contributed by atoms with van der Waals surface area (Å²) in [6, 6.07) is 6.78. The second-order valence-corrected chi connectivity index (χ2v) is 2.10. The van der Waals surface area contributed by atoms with Crippen LogP contribution in [0.4, 0.5) is 5.69 Å². The molecule has 12 heavy (non-hydrogen) atoms. The Morgan fingerprint density at radius 2 is 2.00 bits per heavy atom. The van der Waals surface area contributed by atoms with Crippen molar-refractivity contribution in [1.82, 2.24) is 0 Å². The van der Waals surface area contributed by atoms with Crippen molar-refractivity contribution in [2.24, 2.45) is 0 Å². The quantitative estimate of drug-likeness (QED) is 0.673. The van der Waals surface area contributed by atoms with Crippen molar-refractivity contribution in [3.8, 4) is 0 Å². The molecule has 0 heterocycles. The molecule has 0 amide bonds. The molecule has 4 heteroatoms. The molecule has 1 aromatic rings. The van der Waals surface area contributed by atoms with Crippen molar-refractivity contribution in [3.05, 3.63) is 29.8 Å². The minimum atomic E-state index is -0.907. The molecule has 0 atom stereocenters. The van der Waals surface area contributed by atoms with Crippen LogP contribution in [0.3, 0.4) is 0 Å². The van der Waals surface area contributed by atoms with Crippen LogP contribution < -0.4 is 5.32 Å². The summed E-state index contributed by atoms with van der Waals surface area (Å²) < 4.78 is 0. The number of anilines is 1. The van der Waals surface area contributed by atoms with Crippen molar-refractivity contribution in [2.75, 3.05) is 12.4 Å². The second kappa shape index (κ2) is 5.40. The Morgan fingerprint density at radius 1 is 1.42 bits per heavy atom. The average molecular weight is 193 g/mol. The number of benzene rings is 1. The topological polar surface area (TPSA) is 49.3 Å². The van der Waals surface area contributed by atoms with Gasteiger partial charge in [-0.25, -0.2) is 4.79 Å². The third-order valence-electron chi connectivity index (χ3n) is 1.43. The fourth-order valence-electron chi connectivity index (χ4n) is 0.888. The van der Waals surface area contributed by atoms with E-state index in [1.54, 1.807) is 31.3 Å². The van der Waals surface area contributed by atoms with Crippen LogP contribution >= 0.6 is 0 Å². The van der Waals surface area contributed by atoms with Crippen molar-refractivity contribution in [1.29, 1.82) is 0 Å². The van der Waals surface area contributed by atoms with Crippen LogP contribution in [0.5, 0.6) is 0 Å². The van der Waals surface area contributed by atoms with E-state index in [0.29, 0.717) is 11.3 Å². The maximum atomic E-state index is 10.5. The van der Waals surface area contributed by atoms with Gasteiger partial charge in [0.05, 0.1) is 5.56 Å². The third kappa shape index (κ3) is 2.66. The van der Waals surface area contributed by atoms with E-state index in [2.05, 4.69) is 5.32 Å². The van der Waals surface area contributed by atoms with Gasteiger partial charge in [0.2, 0.25) is 0 Å². The van der Waals surface area contributed by atoms with E-state index in [1.807, 2.05) is 0 Å². The third-order valence-corrected chi connectivity index (χ3v) is 1.43. The standard InChI is InChI=1S/C8H9NO2.Ca.2H/c1-9-7-5-3-2-4-6(7)8(10)11;;;/h2-5,9H,1H3,(H,10,11);;;. The van der Waals surface area contributed by atoms with Crippen LogP contribution in [-0.4, -0.2) is 55.9 Å². The van der Waals surface area contributed by atoms with Gasteiger partial charge < -0.3 is 10.4 Å². The predicted molar refractivity (Wildman–Crippen MR) is 51.5 cm³/mol. The van der Waals surface area contributed by atoms with Crippen molar-refractivity contribution in [3.63, 3.8) is 0 Å². The van der Waals surface area contributed by atoms with E-state index in [4.69, 9.17) is 5.11 Å². The van der Waals surface area contributed by atoms with Gasteiger partial charge in [-0.3, -0.25) is 0 Å². The normalized spacial score (nSPS) is 8.42. The number of hydrogen-bond acceptors (Lipinski definition) is 2. The maximum absolute atomic E-state index is 10.5. The summed E-state index contributed by atoms with van der Waals surface area (Å²) >= 11 is 0. The van der Waals surface area contributed by atoms with E-state index in [9.17, 15) is 4.79 Å². The van der Waals surface area contributed by atoms with Crippen LogP contribution in [0.2, 0.25) is 0 Å². The molecule has 3 nitrogen and oxygen atoms in total. The molecule has 0 radical (unpaired) electrons. The summed E-state index contributed by atoms with van der Waals surface area (Å²) in [6.45, 7) is 0. The van der Waals surface area contributed by atoms with Crippen LogP contribution in [-0.2, 0) is 0 Å². The van der Waals surface area contributed by atoms with E-state index in [0.717, 1.165) is 0 Å². The van der Waals surface area contributed by atoms with E-state index < -0.39 is 5.97 Å². The summed E-state index contributed by atoms with van der Waals surface area (Å²) in [4.78, 5) is 10.5. The number of hydrogen-bond donors (Lipinski definition) is 2. The average Bonchev–Trinajstić information content (AvgIpc) is 2.04. The van der Waals surface area contributed by atoms with Gasteiger partial charge in [0.15, 0.2) is 0 Å². The summed E-state index contributed by atoms with van der Waals surface area (Å²) in [6.07, 6.45) is 0. The molecule has 0 aliphatic rings. The molecular weight excluding hydrogens is 182 g/mol. The first-order valence-electron chi connectivity index (χ1n) is 3.26. The van der Waals surface area contributed by atoms with Crippen molar-refractivity contribution < 1.29 is 9.90 Å². The van der Waals surface area contributed by atoms with Crippen LogP contribution in [0, 0.1) is 0 Å². The molecule has 0 spiro atoms. The molecule has 0 saturated heterocycles. The SMILES string of the molecule is CNc1ccccc1C(=O)O.[CaH2]. The Morgan fingerprint density at radius 3 is 2.42 bits per heavy atom. The molecular formula is C8H11CaNO2. The molecule has 0 aliphatic carbocycles. The molecule has 0 unspecified atom stereocenters. The number of aromatic carboxylic acids is 1. The van der Waals surface area contributed by atoms with Gasteiger partial charge >= 0.3 is 43.7 Å². The zero-order valence-electron chi connectivity index (χ0n) is 6.16. The molecule has 0 saturated carbocycles. The predicted octanol–water partition coefficient (Wildman–Crippen LogP) is 0.510. The van der Waals surface area contributed by atoms with Gasteiger partial charge in [0, 0.05) is 12.7 Å². The molecule has 0 aliphatic heterocycles. The van der Waals surface area contributed by atoms with Crippen molar-refractivity contribution in [2.45, 2.75) is 0 Å². The van der Waals surface area contributed by atoms with Gasteiger partial charge in [0.1, 0.15) is 0 Å². The van der Waals surface area contributed by atoms with E-state index in [1.165, 1.54) is 0 Å². The van der Waals surface area contributed by atoms with Gasteiger partial charge in [-0.2, -0.15) is 0 Å². The number of carboxylic acid groups (broad SMARTS) is 1. The first-order chi connectivity index (χ1) is 5.25. The van der Waals surface area contributed by atoms with Crippen molar-refractivity contribution >= 4 is 49.4 Å². The summed E-state index contributed by atoms with van der Waals surface area (Å²) in [5.74, 6) is -0.907. The molecule has 0 fully saturated rings.